The molecule has 0 aromatic rings. The highest BCUT2D eigenvalue weighted by Crippen LogP contribution is 2.53. The summed E-state index contributed by atoms with van der Waals surface area (Å²) < 4.78 is 28.3. The highest BCUT2D eigenvalue weighted by Gasteiger charge is 2.74. The molecule has 4 fully saturated rings. The second kappa shape index (κ2) is 2.83. The van der Waals surface area contributed by atoms with E-state index in [-0.39, 0.29) is 30.7 Å². The van der Waals surface area contributed by atoms with Crippen LogP contribution in [0.25, 0.3) is 0 Å². The minimum Gasteiger partial charge on any atom is -0.450 e. The third-order valence-electron chi connectivity index (χ3n) is 3.90. The molecular weight excluding hydrogens is 228 g/mol. The van der Waals surface area contributed by atoms with Crippen molar-refractivity contribution in [2.24, 2.45) is 0 Å². The Labute approximate surface area is 98.1 Å². The van der Waals surface area contributed by atoms with Gasteiger partial charge in [-0.25, -0.2) is 0 Å². The van der Waals surface area contributed by atoms with Crippen molar-refractivity contribution in [3.8, 4) is 0 Å². The molecule has 0 saturated carbocycles. The van der Waals surface area contributed by atoms with E-state index in [1.807, 2.05) is 13.8 Å². The maximum Gasteiger partial charge on any atom is 0.309 e. The van der Waals surface area contributed by atoms with Crippen LogP contribution in [0.2, 0.25) is 0 Å². The number of rotatable bonds is 0. The van der Waals surface area contributed by atoms with Crippen LogP contribution in [0, 0.1) is 0 Å². The molecular formula is C11H14O6. The molecule has 0 amide bonds. The predicted molar refractivity (Wildman–Crippen MR) is 51.9 cm³/mol. The summed E-state index contributed by atoms with van der Waals surface area (Å²) in [6.07, 6.45) is -1.13. The number of carbonyl (C=O) groups is 1. The molecule has 0 bridgehead atoms. The predicted octanol–water partition coefficient (Wildman–Crippen LogP) is -0.0527. The third kappa shape index (κ3) is 1.12. The van der Waals surface area contributed by atoms with Crippen molar-refractivity contribution in [1.82, 2.24) is 0 Å². The quantitative estimate of drug-likeness (QED) is 0.555. The van der Waals surface area contributed by atoms with Gasteiger partial charge in [-0.05, 0) is 13.8 Å². The molecule has 17 heavy (non-hydrogen) atoms. The molecule has 0 radical (unpaired) electrons. The van der Waals surface area contributed by atoms with Crippen molar-refractivity contribution in [2.75, 3.05) is 6.61 Å². The van der Waals surface area contributed by atoms with Crippen LogP contribution in [0.5, 0.6) is 0 Å². The maximum atomic E-state index is 11.5. The standard InChI is InChI=1S/C11H14O6/c1-10(2)16-8-9(17-10)14-6-4-13-5-3-7(12)15-11(5,6)8/h5-6,8-9H,3-4H2,1-2H3/t5-,6+,8-,9+,11+/m1/s1. The molecule has 6 nitrogen and oxygen atoms in total. The van der Waals surface area contributed by atoms with E-state index >= 15 is 0 Å². The van der Waals surface area contributed by atoms with Crippen molar-refractivity contribution in [2.45, 2.75) is 56.3 Å². The lowest BCUT2D eigenvalue weighted by molar-refractivity contribution is -0.224. The van der Waals surface area contributed by atoms with Crippen molar-refractivity contribution in [1.29, 1.82) is 0 Å². The van der Waals surface area contributed by atoms with Crippen LogP contribution in [-0.4, -0.2) is 48.6 Å². The second-order valence-corrected chi connectivity index (χ2v) is 5.40. The summed E-state index contributed by atoms with van der Waals surface area (Å²) >= 11 is 0. The zero-order chi connectivity index (χ0) is 11.8. The number of esters is 1. The zero-order valence-electron chi connectivity index (χ0n) is 9.67. The summed E-state index contributed by atoms with van der Waals surface area (Å²) in [5.74, 6) is -0.964. The molecule has 0 N–H and O–H groups in total. The maximum absolute atomic E-state index is 11.5. The van der Waals surface area contributed by atoms with Crippen LogP contribution < -0.4 is 0 Å². The fourth-order valence-corrected chi connectivity index (χ4v) is 3.28. The summed E-state index contributed by atoms with van der Waals surface area (Å²) in [6.45, 7) is 4.07. The Kier molecular flexibility index (Phi) is 1.70. The van der Waals surface area contributed by atoms with Gasteiger partial charge in [0.1, 0.15) is 12.2 Å². The van der Waals surface area contributed by atoms with Crippen molar-refractivity contribution in [3.05, 3.63) is 0 Å². The normalized spacial score (nSPS) is 54.4. The molecule has 0 aromatic carbocycles. The highest BCUT2D eigenvalue weighted by molar-refractivity contribution is 5.74. The fourth-order valence-electron chi connectivity index (χ4n) is 3.28. The lowest BCUT2D eigenvalue weighted by Crippen LogP contribution is -2.52. The number of hydrogen-bond donors (Lipinski definition) is 0. The first-order valence-corrected chi connectivity index (χ1v) is 5.86. The van der Waals surface area contributed by atoms with Gasteiger partial charge >= 0.3 is 5.97 Å². The molecule has 4 aliphatic heterocycles. The summed E-state index contributed by atoms with van der Waals surface area (Å²) in [5.41, 5.74) is -0.796. The lowest BCUT2D eigenvalue weighted by atomic mass is 9.89. The van der Waals surface area contributed by atoms with Gasteiger partial charge in [0, 0.05) is 0 Å². The van der Waals surface area contributed by atoms with Gasteiger partial charge in [-0.2, -0.15) is 0 Å². The average Bonchev–Trinajstić information content (AvgIpc) is 2.83. The van der Waals surface area contributed by atoms with E-state index in [0.29, 0.717) is 6.61 Å². The Morgan fingerprint density at radius 3 is 2.88 bits per heavy atom. The van der Waals surface area contributed by atoms with Gasteiger partial charge in [-0.1, -0.05) is 0 Å². The van der Waals surface area contributed by atoms with E-state index in [2.05, 4.69) is 0 Å². The Bertz CT molecular complexity index is 393. The molecule has 0 aromatic heterocycles. The number of fused-ring (bicyclic) bond motifs is 1. The van der Waals surface area contributed by atoms with E-state index in [9.17, 15) is 4.79 Å². The molecule has 6 heteroatoms. The first-order chi connectivity index (χ1) is 8.01. The van der Waals surface area contributed by atoms with Gasteiger partial charge in [0.25, 0.3) is 0 Å². The number of ether oxygens (including phenoxy) is 5. The zero-order valence-corrected chi connectivity index (χ0v) is 9.67. The lowest BCUT2D eigenvalue weighted by Gasteiger charge is -2.30. The van der Waals surface area contributed by atoms with Gasteiger partial charge in [-0.15, -0.1) is 0 Å². The number of hydrogen-bond acceptors (Lipinski definition) is 6. The summed E-state index contributed by atoms with van der Waals surface area (Å²) in [7, 11) is 0. The van der Waals surface area contributed by atoms with Crippen LogP contribution in [-0.2, 0) is 28.5 Å². The summed E-state index contributed by atoms with van der Waals surface area (Å²) in [4.78, 5) is 11.5. The van der Waals surface area contributed by atoms with Gasteiger partial charge in [0.15, 0.2) is 23.8 Å². The third-order valence-corrected chi connectivity index (χ3v) is 3.90. The van der Waals surface area contributed by atoms with Crippen LogP contribution >= 0.6 is 0 Å². The van der Waals surface area contributed by atoms with Crippen LogP contribution in [0.4, 0.5) is 0 Å². The number of carbonyl (C=O) groups excluding carboxylic acids is 1. The van der Waals surface area contributed by atoms with E-state index in [0.717, 1.165) is 0 Å². The Hall–Kier alpha value is -0.690. The van der Waals surface area contributed by atoms with Crippen LogP contribution in [0.3, 0.4) is 0 Å². The fraction of sp³-hybridized carbons (Fsp3) is 0.909. The van der Waals surface area contributed by atoms with Gasteiger partial charge in [0.05, 0.1) is 13.0 Å². The van der Waals surface area contributed by atoms with Crippen LogP contribution in [0.15, 0.2) is 0 Å². The Morgan fingerprint density at radius 2 is 2.06 bits per heavy atom. The second-order valence-electron chi connectivity index (χ2n) is 5.40. The molecule has 0 aliphatic carbocycles. The first kappa shape index (κ1) is 10.3. The van der Waals surface area contributed by atoms with E-state index < -0.39 is 17.7 Å². The monoisotopic (exact) mass is 242 g/mol. The van der Waals surface area contributed by atoms with E-state index in [4.69, 9.17) is 23.7 Å². The Morgan fingerprint density at radius 1 is 1.24 bits per heavy atom. The first-order valence-electron chi connectivity index (χ1n) is 5.86. The molecule has 0 unspecified atom stereocenters. The molecule has 1 spiro atoms. The average molecular weight is 242 g/mol. The van der Waals surface area contributed by atoms with Crippen LogP contribution in [0.1, 0.15) is 20.3 Å². The van der Waals surface area contributed by atoms with Crippen molar-refractivity contribution < 1.29 is 28.5 Å². The molecule has 4 rings (SSSR count). The van der Waals surface area contributed by atoms with Crippen molar-refractivity contribution in [3.63, 3.8) is 0 Å². The topological polar surface area (TPSA) is 63.2 Å². The molecule has 4 heterocycles. The van der Waals surface area contributed by atoms with Gasteiger partial charge in [-0.3, -0.25) is 4.79 Å². The molecule has 4 aliphatic rings. The summed E-state index contributed by atoms with van der Waals surface area (Å²) in [5, 5.41) is 0. The largest absolute Gasteiger partial charge is 0.450 e. The smallest absolute Gasteiger partial charge is 0.309 e. The minimum absolute atomic E-state index is 0.253. The van der Waals surface area contributed by atoms with Crippen molar-refractivity contribution >= 4 is 5.97 Å². The minimum atomic E-state index is -0.796. The van der Waals surface area contributed by atoms with Gasteiger partial charge in [0.2, 0.25) is 0 Å². The Balaban J connectivity index is 1.75. The highest BCUT2D eigenvalue weighted by atomic mass is 16.9. The summed E-state index contributed by atoms with van der Waals surface area (Å²) in [6, 6.07) is 0. The van der Waals surface area contributed by atoms with Gasteiger partial charge < -0.3 is 23.7 Å². The molecule has 4 saturated heterocycles. The molecule has 94 valence electrons. The SMILES string of the molecule is CC1(C)O[C@@H]2O[C@H]3CO[C@@H]4CC(=O)O[C@]34[C@@H]2O1. The van der Waals surface area contributed by atoms with E-state index in [1.54, 1.807) is 0 Å². The van der Waals surface area contributed by atoms with E-state index in [1.165, 1.54) is 0 Å². The molecule has 5 atom stereocenters.